The van der Waals surface area contributed by atoms with E-state index in [1.54, 1.807) is 0 Å². The topological polar surface area (TPSA) is 7.12 Å². The Balaban J connectivity index is 0.00000400. The summed E-state index contributed by atoms with van der Waals surface area (Å²) in [5.74, 6) is 0. The van der Waals surface area contributed by atoms with Gasteiger partial charge in [0.2, 0.25) is 5.52 Å². The van der Waals surface area contributed by atoms with E-state index in [9.17, 15) is 0 Å². The fourth-order valence-electron chi connectivity index (χ4n) is 5.32. The molecule has 1 aliphatic rings. The van der Waals surface area contributed by atoms with Crippen LogP contribution in [0.1, 0.15) is 89.2 Å². The summed E-state index contributed by atoms with van der Waals surface area (Å²) in [6, 6.07) is 19.9. The number of hydrogen-bond acceptors (Lipinski definition) is 1. The summed E-state index contributed by atoms with van der Waals surface area (Å²) in [7, 11) is 0. The molecule has 2 aromatic carbocycles. The molecule has 38 heavy (non-hydrogen) atoms. The molecule has 0 amide bonds. The number of anilines is 1. The highest BCUT2D eigenvalue weighted by atomic mass is 127. The van der Waals surface area contributed by atoms with E-state index in [1.165, 1.54) is 97.5 Å². The Morgan fingerprint density at radius 2 is 1.47 bits per heavy atom. The van der Waals surface area contributed by atoms with Crippen molar-refractivity contribution in [1.29, 1.82) is 0 Å². The molecule has 1 aliphatic heterocycles. The van der Waals surface area contributed by atoms with Gasteiger partial charge in [-0.2, -0.15) is 4.57 Å². The first-order chi connectivity index (χ1) is 18.3. The SMILES string of the molecule is CCCCCCCN1C=C/C(=C\C=C\c2cc[n+](CCCCCCC)c3ccccc23)c2ccccc21.[I-]. The third-order valence-corrected chi connectivity index (χ3v) is 7.47. The van der Waals surface area contributed by atoms with E-state index in [2.05, 4.69) is 115 Å². The summed E-state index contributed by atoms with van der Waals surface area (Å²) in [5.41, 5.74) is 6.52. The maximum atomic E-state index is 2.42. The zero-order valence-corrected chi connectivity index (χ0v) is 25.6. The van der Waals surface area contributed by atoms with Crippen LogP contribution < -0.4 is 33.4 Å². The maximum absolute atomic E-state index is 2.42. The standard InChI is InChI=1S/C35H45N2.HI/c1-3-5-7-9-15-26-36-28-24-30(32-20-11-13-22-34(32)36)18-17-19-31-25-29-37(27-16-10-8-6-4-2)35-23-14-12-21-33(31)35;/h11-14,17-25,28-29H,3-10,15-16,26-27H2,1-2H3;1H/q+1;/p-1. The molecule has 0 atom stereocenters. The molecule has 0 unspecified atom stereocenters. The zero-order chi connectivity index (χ0) is 25.7. The van der Waals surface area contributed by atoms with Crippen LogP contribution in [0.5, 0.6) is 0 Å². The number of hydrogen-bond donors (Lipinski definition) is 0. The van der Waals surface area contributed by atoms with Crippen molar-refractivity contribution in [2.45, 2.75) is 84.6 Å². The van der Waals surface area contributed by atoms with Crippen LogP contribution in [0.4, 0.5) is 5.69 Å². The Bertz CT molecular complexity index is 1220. The Morgan fingerprint density at radius 1 is 0.763 bits per heavy atom. The lowest BCUT2D eigenvalue weighted by Crippen LogP contribution is -3.00. The first-order valence-corrected chi connectivity index (χ1v) is 14.7. The Labute approximate surface area is 248 Å². The van der Waals surface area contributed by atoms with E-state index >= 15 is 0 Å². The number of aromatic nitrogens is 1. The molecular formula is C35H45IN2. The molecule has 1 aromatic heterocycles. The third-order valence-electron chi connectivity index (χ3n) is 7.47. The number of pyridine rings is 1. The molecule has 2 heterocycles. The van der Waals surface area contributed by atoms with Gasteiger partial charge in [-0.25, -0.2) is 0 Å². The van der Waals surface area contributed by atoms with Crippen molar-refractivity contribution in [3.05, 3.63) is 96.3 Å². The van der Waals surface area contributed by atoms with Gasteiger partial charge in [0.15, 0.2) is 6.20 Å². The average Bonchev–Trinajstić information content (AvgIpc) is 2.94. The van der Waals surface area contributed by atoms with Gasteiger partial charge in [-0.1, -0.05) is 107 Å². The van der Waals surface area contributed by atoms with Gasteiger partial charge in [0.25, 0.3) is 0 Å². The molecule has 0 saturated heterocycles. The number of fused-ring (bicyclic) bond motifs is 2. The molecule has 0 spiro atoms. The Hall–Kier alpha value is -2.40. The monoisotopic (exact) mass is 620 g/mol. The van der Waals surface area contributed by atoms with Gasteiger partial charge in [-0.15, -0.1) is 0 Å². The lowest BCUT2D eigenvalue weighted by Gasteiger charge is -2.27. The van der Waals surface area contributed by atoms with Crippen LogP contribution in [0.15, 0.2) is 85.2 Å². The smallest absolute Gasteiger partial charge is 0.213 e. The first-order valence-electron chi connectivity index (χ1n) is 14.7. The molecule has 0 saturated carbocycles. The average molecular weight is 621 g/mol. The maximum Gasteiger partial charge on any atom is 0.213 e. The summed E-state index contributed by atoms with van der Waals surface area (Å²) < 4.78 is 2.42. The Kier molecular flexibility index (Phi) is 13.1. The van der Waals surface area contributed by atoms with Crippen LogP contribution in [0.25, 0.3) is 22.6 Å². The van der Waals surface area contributed by atoms with Crippen molar-refractivity contribution in [1.82, 2.24) is 0 Å². The van der Waals surface area contributed by atoms with Crippen LogP contribution in [-0.2, 0) is 6.54 Å². The second kappa shape index (κ2) is 16.5. The van der Waals surface area contributed by atoms with Gasteiger partial charge in [0, 0.05) is 42.5 Å². The molecule has 202 valence electrons. The molecule has 0 fully saturated rings. The molecule has 0 bridgehead atoms. The van der Waals surface area contributed by atoms with Crippen LogP contribution in [0.2, 0.25) is 0 Å². The molecule has 3 heteroatoms. The van der Waals surface area contributed by atoms with Crippen molar-refractivity contribution < 1.29 is 28.5 Å². The van der Waals surface area contributed by atoms with Gasteiger partial charge in [0.1, 0.15) is 6.54 Å². The summed E-state index contributed by atoms with van der Waals surface area (Å²) >= 11 is 0. The van der Waals surface area contributed by atoms with Crippen molar-refractivity contribution >= 4 is 28.2 Å². The molecule has 3 aromatic rings. The van der Waals surface area contributed by atoms with Crippen molar-refractivity contribution in [2.24, 2.45) is 0 Å². The van der Waals surface area contributed by atoms with E-state index in [4.69, 9.17) is 0 Å². The first kappa shape index (κ1) is 30.1. The summed E-state index contributed by atoms with van der Waals surface area (Å²) in [6.07, 6.45) is 26.7. The Morgan fingerprint density at radius 3 is 2.29 bits per heavy atom. The predicted molar refractivity (Wildman–Crippen MR) is 162 cm³/mol. The number of benzene rings is 2. The lowest BCUT2D eigenvalue weighted by molar-refractivity contribution is -0.671. The van der Waals surface area contributed by atoms with Gasteiger partial charge in [-0.05, 0) is 42.2 Å². The minimum Gasteiger partial charge on any atom is -1.00 e. The predicted octanol–water partition coefficient (Wildman–Crippen LogP) is 6.50. The highest BCUT2D eigenvalue weighted by Crippen LogP contribution is 2.33. The van der Waals surface area contributed by atoms with Gasteiger partial charge < -0.3 is 28.9 Å². The van der Waals surface area contributed by atoms with Crippen molar-refractivity contribution in [2.75, 3.05) is 11.4 Å². The number of rotatable bonds is 14. The normalized spacial score (nSPS) is 13.8. The second-order valence-electron chi connectivity index (χ2n) is 10.3. The number of aryl methyl sites for hydroxylation is 1. The number of para-hydroxylation sites is 2. The second-order valence-corrected chi connectivity index (χ2v) is 10.3. The van der Waals surface area contributed by atoms with Crippen molar-refractivity contribution in [3.63, 3.8) is 0 Å². The van der Waals surface area contributed by atoms with Crippen LogP contribution in [0, 0.1) is 0 Å². The molecular weight excluding hydrogens is 575 g/mol. The minimum atomic E-state index is 0. The highest BCUT2D eigenvalue weighted by molar-refractivity contribution is 5.89. The van der Waals surface area contributed by atoms with Crippen molar-refractivity contribution in [3.8, 4) is 0 Å². The van der Waals surface area contributed by atoms with E-state index in [-0.39, 0.29) is 24.0 Å². The zero-order valence-electron chi connectivity index (χ0n) is 23.4. The molecule has 2 nitrogen and oxygen atoms in total. The van der Waals surface area contributed by atoms with E-state index in [0.29, 0.717) is 0 Å². The van der Waals surface area contributed by atoms with Gasteiger partial charge in [0.05, 0.1) is 5.39 Å². The third kappa shape index (κ3) is 8.30. The number of allylic oxidation sites excluding steroid dienone is 4. The molecule has 4 rings (SSSR count). The summed E-state index contributed by atoms with van der Waals surface area (Å²) in [5, 5.41) is 1.32. The highest BCUT2D eigenvalue weighted by Gasteiger charge is 2.15. The molecule has 0 aliphatic carbocycles. The van der Waals surface area contributed by atoms with Gasteiger partial charge >= 0.3 is 0 Å². The quantitative estimate of drug-likeness (QED) is 0.113. The fraction of sp³-hybridized carbons (Fsp3) is 0.400. The van der Waals surface area contributed by atoms with E-state index < -0.39 is 0 Å². The van der Waals surface area contributed by atoms with Crippen LogP contribution in [-0.4, -0.2) is 6.54 Å². The van der Waals surface area contributed by atoms with E-state index in [1.807, 2.05) is 0 Å². The fourth-order valence-corrected chi connectivity index (χ4v) is 5.32. The van der Waals surface area contributed by atoms with Crippen LogP contribution >= 0.6 is 0 Å². The minimum absolute atomic E-state index is 0. The molecule has 0 radical (unpaired) electrons. The molecule has 0 N–H and O–H groups in total. The largest absolute Gasteiger partial charge is 1.00 e. The van der Waals surface area contributed by atoms with E-state index in [0.717, 1.165) is 13.1 Å². The van der Waals surface area contributed by atoms with Crippen LogP contribution in [0.3, 0.4) is 0 Å². The number of halogens is 1. The van der Waals surface area contributed by atoms with Gasteiger partial charge in [-0.3, -0.25) is 0 Å². The lowest BCUT2D eigenvalue weighted by atomic mass is 9.99. The summed E-state index contributed by atoms with van der Waals surface area (Å²) in [4.78, 5) is 2.42. The summed E-state index contributed by atoms with van der Waals surface area (Å²) in [6.45, 7) is 6.74. The number of nitrogens with zero attached hydrogens (tertiary/aromatic N) is 2. The number of unbranched alkanes of at least 4 members (excludes halogenated alkanes) is 8.